The van der Waals surface area contributed by atoms with Gasteiger partial charge in [0.1, 0.15) is 18.3 Å². The molecule has 0 spiro atoms. The van der Waals surface area contributed by atoms with Crippen molar-refractivity contribution in [3.05, 3.63) is 47.9 Å². The first-order valence-electron chi connectivity index (χ1n) is 15.3. The number of allylic oxidation sites excluding steroid dienone is 2. The van der Waals surface area contributed by atoms with Crippen molar-refractivity contribution < 1.29 is 43.4 Å². The number of aliphatic hydroxyl groups is 1. The highest BCUT2D eigenvalue weighted by Gasteiger charge is 2.48. The number of carbonyl (C=O) groups excluding carboxylic acids is 4. The van der Waals surface area contributed by atoms with E-state index in [2.05, 4.69) is 23.8 Å². The Bertz CT molecular complexity index is 1190. The second-order valence-corrected chi connectivity index (χ2v) is 12.6. The van der Waals surface area contributed by atoms with Crippen LogP contribution in [0, 0.1) is 22.7 Å². The molecular formula is C34H52N2O9. The summed E-state index contributed by atoms with van der Waals surface area (Å²) in [5, 5.41) is 14.5. The van der Waals surface area contributed by atoms with Gasteiger partial charge in [0.25, 0.3) is 0 Å². The highest BCUT2D eigenvalue weighted by Crippen LogP contribution is 2.43. The second kappa shape index (κ2) is 18.3. The first kappa shape index (κ1) is 39.3. The number of hydrogen-bond donors (Lipinski definition) is 2. The Balaban J connectivity index is 0.000000450. The van der Waals surface area contributed by atoms with Gasteiger partial charge in [0.15, 0.2) is 11.6 Å². The lowest BCUT2D eigenvalue weighted by Gasteiger charge is -2.36. The Morgan fingerprint density at radius 2 is 1.56 bits per heavy atom. The van der Waals surface area contributed by atoms with Gasteiger partial charge in [-0.25, -0.2) is 0 Å². The third kappa shape index (κ3) is 11.0. The van der Waals surface area contributed by atoms with Crippen LogP contribution in [0.25, 0.3) is 0 Å². The van der Waals surface area contributed by atoms with Crippen LogP contribution >= 0.6 is 0 Å². The maximum absolute atomic E-state index is 12.6. The summed E-state index contributed by atoms with van der Waals surface area (Å²) in [5.74, 6) is -2.92. The molecule has 0 aromatic rings. The summed E-state index contributed by atoms with van der Waals surface area (Å²) in [7, 11) is 2.61. The molecule has 0 radical (unpaired) electrons. The van der Waals surface area contributed by atoms with Crippen molar-refractivity contribution >= 4 is 29.2 Å². The topological polar surface area (TPSA) is 150 Å². The molecular weight excluding hydrogens is 580 g/mol. The molecule has 2 unspecified atom stereocenters. The Hall–Kier alpha value is -3.73. The average molecular weight is 633 g/mol. The van der Waals surface area contributed by atoms with Gasteiger partial charge in [-0.2, -0.15) is 0 Å². The molecule has 2 aliphatic rings. The first-order chi connectivity index (χ1) is 21.2. The van der Waals surface area contributed by atoms with Crippen LogP contribution in [0.1, 0.15) is 86.5 Å². The number of hydroxylamine groups is 1. The minimum Gasteiger partial charge on any atom is -0.511 e. The number of rotatable bonds is 14. The van der Waals surface area contributed by atoms with Crippen molar-refractivity contribution in [2.75, 3.05) is 27.4 Å². The zero-order chi connectivity index (χ0) is 34.4. The van der Waals surface area contributed by atoms with Gasteiger partial charge in [0.05, 0.1) is 38.0 Å². The Morgan fingerprint density at radius 3 is 2.09 bits per heavy atom. The minimum absolute atomic E-state index is 0.00944. The van der Waals surface area contributed by atoms with Crippen molar-refractivity contribution in [3.63, 3.8) is 0 Å². The lowest BCUT2D eigenvalue weighted by Crippen LogP contribution is -2.41. The summed E-state index contributed by atoms with van der Waals surface area (Å²) in [6.07, 6.45) is 6.94. The molecule has 2 aliphatic carbocycles. The summed E-state index contributed by atoms with van der Waals surface area (Å²) in [6.45, 7) is 19.1. The third-order valence-electron chi connectivity index (χ3n) is 7.54. The van der Waals surface area contributed by atoms with Gasteiger partial charge in [-0.3, -0.25) is 29.5 Å². The van der Waals surface area contributed by atoms with E-state index in [-0.39, 0.29) is 47.3 Å². The molecule has 0 aliphatic heterocycles. The Kier molecular flexibility index (Phi) is 16.0. The standard InChI is InChI=1S/C17H25NO5.C17H27NO4/c1-6-8-11(18-23-9-7-2)13-12(19)10-17(3,4)14(15(13)20)16(21)22-5;1-6-8-13(18-22-9-7-2)15-12(16(20)21-5)10-17(3,4)11-14(15)19/h7,14,20H,2,6,8-10H2,1,3-5H3;7,12,18H,2,6,8-11H2,1,3-5H3/b18-11+;. The van der Waals surface area contributed by atoms with Crippen molar-refractivity contribution in [1.82, 2.24) is 5.48 Å². The summed E-state index contributed by atoms with van der Waals surface area (Å²) in [4.78, 5) is 59.7. The number of methoxy groups -OCH3 is 2. The predicted molar refractivity (Wildman–Crippen MR) is 172 cm³/mol. The second-order valence-electron chi connectivity index (χ2n) is 12.6. The van der Waals surface area contributed by atoms with Gasteiger partial charge in [-0.1, -0.05) is 78.3 Å². The van der Waals surface area contributed by atoms with Crippen LogP contribution in [0.5, 0.6) is 0 Å². The summed E-state index contributed by atoms with van der Waals surface area (Å²) < 4.78 is 9.69. The highest BCUT2D eigenvalue weighted by atomic mass is 16.6. The first-order valence-corrected chi connectivity index (χ1v) is 15.3. The summed E-state index contributed by atoms with van der Waals surface area (Å²) in [6, 6.07) is 0. The van der Waals surface area contributed by atoms with Gasteiger partial charge in [-0.15, -0.1) is 6.58 Å². The van der Waals surface area contributed by atoms with Gasteiger partial charge >= 0.3 is 11.9 Å². The monoisotopic (exact) mass is 632 g/mol. The largest absolute Gasteiger partial charge is 0.511 e. The molecule has 0 saturated heterocycles. The van der Waals surface area contributed by atoms with E-state index in [9.17, 15) is 24.3 Å². The van der Waals surface area contributed by atoms with E-state index in [1.165, 1.54) is 20.3 Å². The number of oxime groups is 1. The molecule has 2 rings (SSSR count). The highest BCUT2D eigenvalue weighted by molar-refractivity contribution is 6.23. The van der Waals surface area contributed by atoms with E-state index in [0.717, 1.165) is 6.42 Å². The van der Waals surface area contributed by atoms with Crippen LogP contribution in [0.15, 0.2) is 53.1 Å². The van der Waals surface area contributed by atoms with Crippen molar-refractivity contribution in [1.29, 1.82) is 0 Å². The minimum atomic E-state index is -0.901. The molecule has 0 heterocycles. The van der Waals surface area contributed by atoms with Crippen LogP contribution in [0.2, 0.25) is 0 Å². The number of ketones is 2. The van der Waals surface area contributed by atoms with E-state index in [0.29, 0.717) is 55.7 Å². The molecule has 2 N–H and O–H groups in total. The fourth-order valence-electron chi connectivity index (χ4n) is 5.59. The Labute approximate surface area is 267 Å². The number of nitrogens with zero attached hydrogens (tertiary/aromatic N) is 1. The van der Waals surface area contributed by atoms with E-state index in [4.69, 9.17) is 19.1 Å². The van der Waals surface area contributed by atoms with Gasteiger partial charge < -0.3 is 19.4 Å². The smallest absolute Gasteiger partial charge is 0.316 e. The fraction of sp³-hybridized carbons (Fsp3) is 0.618. The lowest BCUT2D eigenvalue weighted by atomic mass is 9.67. The number of ether oxygens (including phenoxy) is 2. The zero-order valence-electron chi connectivity index (χ0n) is 28.2. The van der Waals surface area contributed by atoms with Gasteiger partial charge in [-0.05, 0) is 30.1 Å². The quantitative estimate of drug-likeness (QED) is 0.0594. The fourth-order valence-corrected chi connectivity index (χ4v) is 5.59. The van der Waals surface area contributed by atoms with E-state index < -0.39 is 23.2 Å². The van der Waals surface area contributed by atoms with Gasteiger partial charge in [0, 0.05) is 24.1 Å². The molecule has 0 aromatic carbocycles. The maximum Gasteiger partial charge on any atom is 0.316 e. The number of esters is 2. The van der Waals surface area contributed by atoms with E-state index in [1.54, 1.807) is 19.9 Å². The normalized spacial score (nSPS) is 22.0. The van der Waals surface area contributed by atoms with Crippen molar-refractivity contribution in [2.45, 2.75) is 86.5 Å². The van der Waals surface area contributed by atoms with Crippen LogP contribution in [-0.2, 0) is 38.3 Å². The number of hydrogen-bond acceptors (Lipinski definition) is 11. The van der Waals surface area contributed by atoms with E-state index in [1.807, 2.05) is 27.7 Å². The van der Waals surface area contributed by atoms with Crippen molar-refractivity contribution in [2.24, 2.45) is 27.8 Å². The molecule has 1 saturated carbocycles. The van der Waals surface area contributed by atoms with Crippen LogP contribution in [0.4, 0.5) is 0 Å². The maximum atomic E-state index is 12.6. The number of Topliss-reactive ketones (excluding diaryl/α,β-unsaturated/α-hetero) is 2. The Morgan fingerprint density at radius 1 is 0.956 bits per heavy atom. The average Bonchev–Trinajstić information content (AvgIpc) is 2.95. The SMILES string of the molecule is C=CCO/N=C(\CCC)C1=C(O)C(C(=O)OC)C(C)(C)CC1=O.C=CCONC(CCC)=C1C(=O)CC(C)(C)CC1C(=O)OC. The molecule has 252 valence electrons. The number of carbonyl (C=O) groups is 4. The molecule has 0 bridgehead atoms. The summed E-state index contributed by atoms with van der Waals surface area (Å²) in [5.41, 5.74) is 3.52. The van der Waals surface area contributed by atoms with Crippen LogP contribution in [-0.4, -0.2) is 61.8 Å². The molecule has 45 heavy (non-hydrogen) atoms. The molecule has 2 atom stereocenters. The van der Waals surface area contributed by atoms with Gasteiger partial charge in [0.2, 0.25) is 0 Å². The molecule has 1 fully saturated rings. The number of aliphatic hydroxyl groups excluding tert-OH is 1. The number of nitrogens with one attached hydrogen (secondary N) is 1. The molecule has 0 amide bonds. The van der Waals surface area contributed by atoms with Crippen LogP contribution in [0.3, 0.4) is 0 Å². The molecule has 11 nitrogen and oxygen atoms in total. The lowest BCUT2D eigenvalue weighted by molar-refractivity contribution is -0.150. The molecule has 0 aromatic heterocycles. The summed E-state index contributed by atoms with van der Waals surface area (Å²) >= 11 is 0. The van der Waals surface area contributed by atoms with Crippen molar-refractivity contribution in [3.8, 4) is 0 Å². The zero-order valence-corrected chi connectivity index (χ0v) is 28.2. The predicted octanol–water partition coefficient (Wildman–Crippen LogP) is 5.87. The van der Waals surface area contributed by atoms with Crippen LogP contribution < -0.4 is 5.48 Å². The van der Waals surface area contributed by atoms with E-state index >= 15 is 0 Å². The third-order valence-corrected chi connectivity index (χ3v) is 7.54. The molecule has 11 heteroatoms.